The van der Waals surface area contributed by atoms with Gasteiger partial charge in [-0.3, -0.25) is 9.20 Å². The van der Waals surface area contributed by atoms with Crippen LogP contribution in [0.15, 0.2) is 35.3 Å². The summed E-state index contributed by atoms with van der Waals surface area (Å²) in [5.41, 5.74) is 1.30. The summed E-state index contributed by atoms with van der Waals surface area (Å²) in [4.78, 5) is 16.1. The Kier molecular flexibility index (Phi) is 3.85. The Labute approximate surface area is 98.7 Å². The van der Waals surface area contributed by atoms with Gasteiger partial charge in [0.15, 0.2) is 0 Å². The van der Waals surface area contributed by atoms with Crippen LogP contribution in [0.1, 0.15) is 12.1 Å². The normalized spacial score (nSPS) is 10.9. The zero-order chi connectivity index (χ0) is 12.1. The summed E-state index contributed by atoms with van der Waals surface area (Å²) in [6.07, 6.45) is 2.40. The van der Waals surface area contributed by atoms with Gasteiger partial charge in [0.25, 0.3) is 5.56 Å². The zero-order valence-electron chi connectivity index (χ0n) is 9.47. The Balaban J connectivity index is 2.16. The van der Waals surface area contributed by atoms with Crippen molar-refractivity contribution in [1.29, 1.82) is 0 Å². The van der Waals surface area contributed by atoms with E-state index in [9.17, 15) is 4.79 Å². The van der Waals surface area contributed by atoms with Crippen molar-refractivity contribution in [2.24, 2.45) is 0 Å². The standard InChI is InChI=1S/C12H15N3O2/c16-7-3-5-13-9-10-8-12(17)15-6-2-1-4-11(15)14-10/h1-2,4,6,8,13,16H,3,5,7,9H2. The molecule has 0 aliphatic heterocycles. The first-order valence-electron chi connectivity index (χ1n) is 5.60. The van der Waals surface area contributed by atoms with E-state index in [0.29, 0.717) is 25.2 Å². The number of aliphatic hydroxyl groups is 1. The molecule has 0 saturated carbocycles. The van der Waals surface area contributed by atoms with Crippen molar-refractivity contribution in [2.45, 2.75) is 13.0 Å². The van der Waals surface area contributed by atoms with Crippen LogP contribution in [0.5, 0.6) is 0 Å². The minimum atomic E-state index is -0.0745. The maximum Gasteiger partial charge on any atom is 0.258 e. The highest BCUT2D eigenvalue weighted by Crippen LogP contribution is 1.98. The molecule has 5 nitrogen and oxygen atoms in total. The maximum absolute atomic E-state index is 11.7. The van der Waals surface area contributed by atoms with Gasteiger partial charge >= 0.3 is 0 Å². The molecule has 0 amide bonds. The summed E-state index contributed by atoms with van der Waals surface area (Å²) in [5, 5.41) is 11.8. The topological polar surface area (TPSA) is 66.6 Å². The number of aromatic nitrogens is 2. The Bertz CT molecular complexity index is 551. The molecule has 0 radical (unpaired) electrons. The second-order valence-corrected chi connectivity index (χ2v) is 3.77. The van der Waals surface area contributed by atoms with Gasteiger partial charge in [-0.1, -0.05) is 6.07 Å². The van der Waals surface area contributed by atoms with Crippen molar-refractivity contribution >= 4 is 5.65 Å². The lowest BCUT2D eigenvalue weighted by molar-refractivity contribution is 0.286. The van der Waals surface area contributed by atoms with Crippen molar-refractivity contribution < 1.29 is 5.11 Å². The predicted molar refractivity (Wildman–Crippen MR) is 64.9 cm³/mol. The number of hydrogen-bond acceptors (Lipinski definition) is 4. The van der Waals surface area contributed by atoms with Crippen LogP contribution in [0.3, 0.4) is 0 Å². The van der Waals surface area contributed by atoms with E-state index < -0.39 is 0 Å². The largest absolute Gasteiger partial charge is 0.396 e. The van der Waals surface area contributed by atoms with Crippen LogP contribution in [0.4, 0.5) is 0 Å². The molecule has 2 aromatic heterocycles. The molecule has 5 heteroatoms. The molecule has 0 fully saturated rings. The molecule has 2 aromatic rings. The molecule has 0 aromatic carbocycles. The Morgan fingerprint density at radius 1 is 1.41 bits per heavy atom. The van der Waals surface area contributed by atoms with Gasteiger partial charge < -0.3 is 10.4 Å². The quantitative estimate of drug-likeness (QED) is 0.722. The van der Waals surface area contributed by atoms with Crippen LogP contribution < -0.4 is 10.9 Å². The molecule has 0 spiro atoms. The third kappa shape index (κ3) is 2.89. The highest BCUT2D eigenvalue weighted by molar-refractivity contribution is 5.37. The Morgan fingerprint density at radius 3 is 3.12 bits per heavy atom. The minimum absolute atomic E-state index is 0.0745. The molecule has 0 unspecified atom stereocenters. The van der Waals surface area contributed by atoms with Gasteiger partial charge in [0.1, 0.15) is 5.65 Å². The number of nitrogens with one attached hydrogen (secondary N) is 1. The van der Waals surface area contributed by atoms with Gasteiger partial charge in [0.2, 0.25) is 0 Å². The fourth-order valence-corrected chi connectivity index (χ4v) is 1.61. The number of pyridine rings is 1. The smallest absolute Gasteiger partial charge is 0.258 e. The van der Waals surface area contributed by atoms with Crippen molar-refractivity contribution in [3.05, 3.63) is 46.5 Å². The molecule has 0 atom stereocenters. The average molecular weight is 233 g/mol. The number of nitrogens with zero attached hydrogens (tertiary/aromatic N) is 2. The van der Waals surface area contributed by atoms with Crippen molar-refractivity contribution in [3.8, 4) is 0 Å². The third-order valence-electron chi connectivity index (χ3n) is 2.44. The predicted octanol–water partition coefficient (Wildman–Crippen LogP) is 0.166. The summed E-state index contributed by atoms with van der Waals surface area (Å²) in [6, 6.07) is 6.98. The van der Waals surface area contributed by atoms with Gasteiger partial charge in [-0.15, -0.1) is 0 Å². The molecule has 2 heterocycles. The SMILES string of the molecule is O=c1cc(CNCCCO)nc2ccccn12. The maximum atomic E-state index is 11.7. The summed E-state index contributed by atoms with van der Waals surface area (Å²) in [6.45, 7) is 1.42. The van der Waals surface area contributed by atoms with Crippen LogP contribution in [-0.2, 0) is 6.54 Å². The first kappa shape index (κ1) is 11.8. The van der Waals surface area contributed by atoms with Crippen LogP contribution in [0.25, 0.3) is 5.65 Å². The van der Waals surface area contributed by atoms with Gasteiger partial charge in [-0.05, 0) is 25.1 Å². The number of aliphatic hydroxyl groups excluding tert-OH is 1. The highest BCUT2D eigenvalue weighted by Gasteiger charge is 2.00. The van der Waals surface area contributed by atoms with Crippen molar-refractivity contribution in [1.82, 2.24) is 14.7 Å². The van der Waals surface area contributed by atoms with E-state index in [-0.39, 0.29) is 12.2 Å². The van der Waals surface area contributed by atoms with E-state index >= 15 is 0 Å². The average Bonchev–Trinajstić information content (AvgIpc) is 2.35. The Morgan fingerprint density at radius 2 is 2.29 bits per heavy atom. The van der Waals surface area contributed by atoms with Crippen molar-refractivity contribution in [2.75, 3.05) is 13.2 Å². The first-order valence-corrected chi connectivity index (χ1v) is 5.60. The molecule has 0 aliphatic carbocycles. The molecule has 90 valence electrons. The first-order chi connectivity index (χ1) is 8.31. The van der Waals surface area contributed by atoms with E-state index in [1.165, 1.54) is 10.5 Å². The van der Waals surface area contributed by atoms with Crippen LogP contribution in [0, 0.1) is 0 Å². The van der Waals surface area contributed by atoms with Gasteiger partial charge in [0.05, 0.1) is 5.69 Å². The second kappa shape index (κ2) is 5.56. The lowest BCUT2D eigenvalue weighted by atomic mass is 10.3. The summed E-state index contributed by atoms with van der Waals surface area (Å²) < 4.78 is 1.51. The second-order valence-electron chi connectivity index (χ2n) is 3.77. The molecule has 17 heavy (non-hydrogen) atoms. The lowest BCUT2D eigenvalue weighted by Gasteiger charge is -2.05. The monoisotopic (exact) mass is 233 g/mol. The van der Waals surface area contributed by atoms with E-state index in [1.807, 2.05) is 6.07 Å². The zero-order valence-corrected chi connectivity index (χ0v) is 9.47. The number of fused-ring (bicyclic) bond motifs is 1. The van der Waals surface area contributed by atoms with Crippen LogP contribution in [-0.4, -0.2) is 27.6 Å². The molecular weight excluding hydrogens is 218 g/mol. The van der Waals surface area contributed by atoms with Crippen molar-refractivity contribution in [3.63, 3.8) is 0 Å². The van der Waals surface area contributed by atoms with Gasteiger partial charge in [-0.25, -0.2) is 4.98 Å². The highest BCUT2D eigenvalue weighted by atomic mass is 16.3. The fraction of sp³-hybridized carbons (Fsp3) is 0.333. The molecule has 2 rings (SSSR count). The molecule has 2 N–H and O–H groups in total. The lowest BCUT2D eigenvalue weighted by Crippen LogP contribution is -2.20. The number of hydrogen-bond donors (Lipinski definition) is 2. The number of rotatable bonds is 5. The minimum Gasteiger partial charge on any atom is -0.396 e. The molecule has 0 bridgehead atoms. The summed E-state index contributed by atoms with van der Waals surface area (Å²) >= 11 is 0. The van der Waals surface area contributed by atoms with Gasteiger partial charge in [0, 0.05) is 25.4 Å². The van der Waals surface area contributed by atoms with E-state index in [2.05, 4.69) is 10.3 Å². The van der Waals surface area contributed by atoms with E-state index in [4.69, 9.17) is 5.11 Å². The van der Waals surface area contributed by atoms with E-state index in [0.717, 1.165) is 5.69 Å². The van der Waals surface area contributed by atoms with E-state index in [1.54, 1.807) is 18.3 Å². The molecule has 0 aliphatic rings. The third-order valence-corrected chi connectivity index (χ3v) is 2.44. The fourth-order valence-electron chi connectivity index (χ4n) is 1.61. The Hall–Kier alpha value is -1.72. The van der Waals surface area contributed by atoms with Gasteiger partial charge in [-0.2, -0.15) is 0 Å². The summed E-state index contributed by atoms with van der Waals surface area (Å²) in [5.74, 6) is 0. The summed E-state index contributed by atoms with van der Waals surface area (Å²) in [7, 11) is 0. The molecule has 0 saturated heterocycles. The molecular formula is C12H15N3O2. The van der Waals surface area contributed by atoms with Crippen LogP contribution >= 0.6 is 0 Å². The van der Waals surface area contributed by atoms with Crippen LogP contribution in [0.2, 0.25) is 0 Å².